The van der Waals surface area contributed by atoms with Crippen LogP contribution in [0.15, 0.2) is 18.7 Å². The van der Waals surface area contributed by atoms with E-state index in [9.17, 15) is 9.90 Å². The molecule has 1 heterocycles. The van der Waals surface area contributed by atoms with Gasteiger partial charge >= 0.3 is 6.03 Å². The van der Waals surface area contributed by atoms with Gasteiger partial charge in [-0.3, -0.25) is 4.57 Å². The lowest BCUT2D eigenvalue weighted by Crippen LogP contribution is -2.53. The Bertz CT molecular complexity index is 342. The maximum Gasteiger partial charge on any atom is 0.327 e. The summed E-state index contributed by atoms with van der Waals surface area (Å²) in [6, 6.07) is -0.214. The largest absolute Gasteiger partial charge is 0.394 e. The molecule has 5 heteroatoms. The molecule has 1 aliphatic rings. The fraction of sp³-hybridized carbons (Fsp3) is 0.636. The van der Waals surface area contributed by atoms with Crippen LogP contribution in [0.4, 0.5) is 4.79 Å². The maximum absolute atomic E-state index is 11.8. The van der Waals surface area contributed by atoms with E-state index in [0.717, 1.165) is 25.7 Å². The summed E-state index contributed by atoms with van der Waals surface area (Å²) in [4.78, 5) is 15.7. The average molecular weight is 223 g/mol. The normalized spacial score (nSPS) is 19.3. The molecule has 1 aromatic rings. The molecule has 2 N–H and O–H groups in total. The van der Waals surface area contributed by atoms with Gasteiger partial charge in [0.15, 0.2) is 0 Å². The van der Waals surface area contributed by atoms with Gasteiger partial charge in [0.05, 0.1) is 12.1 Å². The Labute approximate surface area is 94.5 Å². The van der Waals surface area contributed by atoms with Crippen LogP contribution in [0.25, 0.3) is 0 Å². The topological polar surface area (TPSA) is 67.2 Å². The van der Waals surface area contributed by atoms with Crippen LogP contribution >= 0.6 is 0 Å². The molecule has 5 nitrogen and oxygen atoms in total. The number of nitrogens with zero attached hydrogens (tertiary/aromatic N) is 2. The van der Waals surface area contributed by atoms with Gasteiger partial charge in [-0.1, -0.05) is 19.3 Å². The van der Waals surface area contributed by atoms with Gasteiger partial charge < -0.3 is 10.4 Å². The first-order chi connectivity index (χ1) is 7.76. The van der Waals surface area contributed by atoms with E-state index in [4.69, 9.17) is 0 Å². The lowest BCUT2D eigenvalue weighted by Gasteiger charge is -2.36. The summed E-state index contributed by atoms with van der Waals surface area (Å²) in [5, 5.41) is 12.4. The summed E-state index contributed by atoms with van der Waals surface area (Å²) in [5.41, 5.74) is -0.431. The molecule has 1 fully saturated rings. The molecule has 0 saturated heterocycles. The van der Waals surface area contributed by atoms with Crippen LogP contribution in [0.1, 0.15) is 32.1 Å². The van der Waals surface area contributed by atoms with Crippen LogP contribution in [0.2, 0.25) is 0 Å². The third-order valence-electron chi connectivity index (χ3n) is 3.22. The molecule has 0 unspecified atom stereocenters. The number of carbonyl (C=O) groups is 1. The number of rotatable bonds is 2. The Morgan fingerprint density at radius 2 is 2.19 bits per heavy atom. The fourth-order valence-corrected chi connectivity index (χ4v) is 2.22. The van der Waals surface area contributed by atoms with Crippen LogP contribution in [-0.2, 0) is 0 Å². The number of hydrogen-bond donors (Lipinski definition) is 2. The smallest absolute Gasteiger partial charge is 0.327 e. The predicted molar refractivity (Wildman–Crippen MR) is 59.1 cm³/mol. The fourth-order valence-electron chi connectivity index (χ4n) is 2.22. The molecular weight excluding hydrogens is 206 g/mol. The predicted octanol–water partition coefficient (Wildman–Crippen LogP) is 1.14. The van der Waals surface area contributed by atoms with E-state index in [1.54, 1.807) is 12.4 Å². The Hall–Kier alpha value is -1.36. The quantitative estimate of drug-likeness (QED) is 0.790. The monoisotopic (exact) mass is 223 g/mol. The summed E-state index contributed by atoms with van der Waals surface area (Å²) in [6.07, 6.45) is 9.63. The third kappa shape index (κ3) is 2.24. The van der Waals surface area contributed by atoms with Crippen LogP contribution in [0.5, 0.6) is 0 Å². The molecule has 88 valence electrons. The number of imidazole rings is 1. The standard InChI is InChI=1S/C11H17N3O2/c15-8-11(4-2-1-3-5-11)13-10(16)14-7-6-12-9-14/h6-7,9,15H,1-5,8H2,(H,13,16). The van der Waals surface area contributed by atoms with Crippen LogP contribution in [0.3, 0.4) is 0 Å². The van der Waals surface area contributed by atoms with Crippen molar-refractivity contribution in [3.05, 3.63) is 18.7 Å². The number of aliphatic hydroxyl groups excluding tert-OH is 1. The zero-order valence-corrected chi connectivity index (χ0v) is 9.22. The molecule has 2 rings (SSSR count). The van der Waals surface area contributed by atoms with Crippen molar-refractivity contribution in [2.75, 3.05) is 6.61 Å². The summed E-state index contributed by atoms with van der Waals surface area (Å²) in [7, 11) is 0. The molecular formula is C11H17N3O2. The number of nitrogens with one attached hydrogen (secondary N) is 1. The summed E-state index contributed by atoms with van der Waals surface area (Å²) in [5.74, 6) is 0. The van der Waals surface area contributed by atoms with Crippen molar-refractivity contribution in [1.29, 1.82) is 0 Å². The second-order valence-corrected chi connectivity index (χ2v) is 4.40. The lowest BCUT2D eigenvalue weighted by atomic mass is 9.82. The van der Waals surface area contributed by atoms with E-state index in [2.05, 4.69) is 10.3 Å². The zero-order valence-electron chi connectivity index (χ0n) is 9.22. The molecule has 0 atom stereocenters. The third-order valence-corrected chi connectivity index (χ3v) is 3.22. The molecule has 0 aromatic carbocycles. The molecule has 1 aromatic heterocycles. The van der Waals surface area contributed by atoms with Crippen molar-refractivity contribution >= 4 is 6.03 Å². The van der Waals surface area contributed by atoms with Gasteiger partial charge in [-0.05, 0) is 12.8 Å². The van der Waals surface area contributed by atoms with Gasteiger partial charge in [-0.2, -0.15) is 0 Å². The summed E-state index contributed by atoms with van der Waals surface area (Å²) in [6.45, 7) is 0.00738. The van der Waals surface area contributed by atoms with E-state index in [0.29, 0.717) is 0 Å². The maximum atomic E-state index is 11.8. The number of hydrogen-bond acceptors (Lipinski definition) is 3. The SMILES string of the molecule is O=C(NC1(CO)CCCCC1)n1ccnc1. The summed E-state index contributed by atoms with van der Waals surface area (Å²) >= 11 is 0. The highest BCUT2D eigenvalue weighted by Crippen LogP contribution is 2.27. The minimum Gasteiger partial charge on any atom is -0.394 e. The lowest BCUT2D eigenvalue weighted by molar-refractivity contribution is 0.126. The number of aromatic nitrogens is 2. The molecule has 1 amide bonds. The Balaban J connectivity index is 2.03. The second kappa shape index (κ2) is 4.65. The van der Waals surface area contributed by atoms with Crippen LogP contribution in [0, 0.1) is 0 Å². The van der Waals surface area contributed by atoms with Crippen molar-refractivity contribution < 1.29 is 9.90 Å². The molecule has 0 radical (unpaired) electrons. The van der Waals surface area contributed by atoms with E-state index in [1.807, 2.05) is 0 Å². The minimum absolute atomic E-state index is 0.00738. The van der Waals surface area contributed by atoms with Gasteiger partial charge in [-0.15, -0.1) is 0 Å². The van der Waals surface area contributed by atoms with Crippen molar-refractivity contribution in [2.45, 2.75) is 37.6 Å². The van der Waals surface area contributed by atoms with Gasteiger partial charge in [0, 0.05) is 12.4 Å². The Morgan fingerprint density at radius 1 is 1.44 bits per heavy atom. The molecule has 0 bridgehead atoms. The van der Waals surface area contributed by atoms with Gasteiger partial charge in [0.2, 0.25) is 0 Å². The first-order valence-corrected chi connectivity index (χ1v) is 5.67. The van der Waals surface area contributed by atoms with Crippen molar-refractivity contribution in [3.63, 3.8) is 0 Å². The van der Waals surface area contributed by atoms with Crippen molar-refractivity contribution in [1.82, 2.24) is 14.9 Å². The van der Waals surface area contributed by atoms with E-state index in [1.165, 1.54) is 17.3 Å². The highest BCUT2D eigenvalue weighted by Gasteiger charge is 2.33. The first-order valence-electron chi connectivity index (χ1n) is 5.67. The Kier molecular flexibility index (Phi) is 3.24. The van der Waals surface area contributed by atoms with Crippen molar-refractivity contribution in [3.8, 4) is 0 Å². The highest BCUT2D eigenvalue weighted by molar-refractivity contribution is 5.77. The van der Waals surface area contributed by atoms with Gasteiger partial charge in [0.1, 0.15) is 6.33 Å². The van der Waals surface area contributed by atoms with E-state index >= 15 is 0 Å². The molecule has 1 aliphatic carbocycles. The molecule has 16 heavy (non-hydrogen) atoms. The molecule has 0 aliphatic heterocycles. The van der Waals surface area contributed by atoms with Crippen molar-refractivity contribution in [2.24, 2.45) is 0 Å². The molecule has 0 spiro atoms. The molecule has 1 saturated carbocycles. The second-order valence-electron chi connectivity index (χ2n) is 4.40. The minimum atomic E-state index is -0.431. The van der Waals surface area contributed by atoms with Gasteiger partial charge in [0.25, 0.3) is 0 Å². The Morgan fingerprint density at radius 3 is 2.75 bits per heavy atom. The van der Waals surface area contributed by atoms with Crippen LogP contribution < -0.4 is 5.32 Å². The van der Waals surface area contributed by atoms with E-state index in [-0.39, 0.29) is 12.6 Å². The van der Waals surface area contributed by atoms with E-state index < -0.39 is 5.54 Å². The zero-order chi connectivity index (χ0) is 11.4. The highest BCUT2D eigenvalue weighted by atomic mass is 16.3. The van der Waals surface area contributed by atoms with Gasteiger partial charge in [-0.25, -0.2) is 9.78 Å². The number of amides is 1. The van der Waals surface area contributed by atoms with Crippen LogP contribution in [-0.4, -0.2) is 32.8 Å². The average Bonchev–Trinajstić information content (AvgIpc) is 2.84. The number of aliphatic hydroxyl groups is 1. The first kappa shape index (κ1) is 11.1. The number of carbonyl (C=O) groups excluding carboxylic acids is 1. The summed E-state index contributed by atoms with van der Waals surface area (Å²) < 4.78 is 1.39.